The van der Waals surface area contributed by atoms with Gasteiger partial charge in [0.1, 0.15) is 11.1 Å². The highest BCUT2D eigenvalue weighted by Gasteiger charge is 2.53. The molecule has 4 aliphatic rings. The van der Waals surface area contributed by atoms with E-state index in [1.165, 1.54) is 77.2 Å². The number of ether oxygens (including phenoxy) is 4. The molecule has 8 rings (SSSR count). The lowest BCUT2D eigenvalue weighted by molar-refractivity contribution is -0.140. The Kier molecular flexibility index (Phi) is 15.1. The molecule has 2 aromatic heterocycles. The predicted octanol–water partition coefficient (Wildman–Crippen LogP) is 7.03. The highest BCUT2D eigenvalue weighted by Crippen LogP contribution is 2.45. The molecule has 0 saturated heterocycles. The monoisotopic (exact) mass is 1050 g/mol. The number of hydrogen-bond donors (Lipinski definition) is 2. The molecule has 2 amide bonds. The van der Waals surface area contributed by atoms with Crippen LogP contribution >= 0.6 is 0 Å². The van der Waals surface area contributed by atoms with Gasteiger partial charge in [0.2, 0.25) is 23.6 Å². The number of nitrogens with one attached hydrogen (secondary N) is 2. The van der Waals surface area contributed by atoms with Gasteiger partial charge in [0.25, 0.3) is 0 Å². The minimum Gasteiger partial charge on any atom is -0.481 e. The third-order valence-electron chi connectivity index (χ3n) is 13.5. The minimum atomic E-state index is -4.94. The quantitative estimate of drug-likeness (QED) is 0.121. The standard InChI is InChI=1S/2C24H24F3N3O5S/c2*1-34-19-11-16(10-17(19)22(31)30-23(13-28)7-8-23)36(32,33)20-5-3-14(9-18(20)24(25,26)27)15-4-6-21(35-2)29-12-15/h2*3-6,9,12,16-17,19H,7-8,10-11H2,1-2H3,(H,30,31)/t2*16-,17-,19-/m10/s1. The Morgan fingerprint density at radius 1 is 0.583 bits per heavy atom. The number of alkyl halides is 6. The Morgan fingerprint density at radius 2 is 0.931 bits per heavy atom. The van der Waals surface area contributed by atoms with Gasteiger partial charge in [-0.2, -0.15) is 36.9 Å². The molecule has 16 nitrogen and oxygen atoms in total. The number of pyridine rings is 2. The SMILES string of the molecule is COc1ccc(-c2ccc(S(=O)(=O)[C@@H]3C[C@H](OC)[C@@H](C(=O)NC4(C#N)CC4)C3)c(C(F)(F)F)c2)cn1.COc1ccc(-c2ccc(S(=O)(=O)[C@H]3C[C@@H](OC)[C@H](C(=O)NC4(C#N)CC4)C3)c(C(F)(F)F)c2)cn1. The molecule has 0 bridgehead atoms. The molecule has 0 aliphatic heterocycles. The van der Waals surface area contributed by atoms with Crippen molar-refractivity contribution in [3.8, 4) is 46.2 Å². The van der Waals surface area contributed by atoms with E-state index >= 15 is 0 Å². The number of hydrogen-bond acceptors (Lipinski definition) is 14. The first-order chi connectivity index (χ1) is 33.9. The summed E-state index contributed by atoms with van der Waals surface area (Å²) >= 11 is 0. The highest BCUT2D eigenvalue weighted by atomic mass is 32.2. The predicted molar refractivity (Wildman–Crippen MR) is 243 cm³/mol. The van der Waals surface area contributed by atoms with Crippen molar-refractivity contribution in [2.45, 2.75) is 107 Å². The van der Waals surface area contributed by atoms with Crippen LogP contribution in [0.5, 0.6) is 11.8 Å². The number of halogens is 6. The zero-order valence-corrected chi connectivity index (χ0v) is 40.6. The smallest absolute Gasteiger partial charge is 0.417 e. The number of rotatable bonds is 14. The van der Waals surface area contributed by atoms with Crippen LogP contribution in [0.15, 0.2) is 82.8 Å². The molecular formula is C48H48F6N6O10S2. The van der Waals surface area contributed by atoms with Crippen LogP contribution in [0.3, 0.4) is 0 Å². The van der Waals surface area contributed by atoms with Crippen LogP contribution in [0.1, 0.15) is 62.5 Å². The summed E-state index contributed by atoms with van der Waals surface area (Å²) in [4.78, 5) is 31.8. The van der Waals surface area contributed by atoms with Gasteiger partial charge in [0.15, 0.2) is 19.7 Å². The number of carbonyl (C=O) groups is 2. The van der Waals surface area contributed by atoms with Crippen LogP contribution in [0.4, 0.5) is 26.3 Å². The molecule has 4 saturated carbocycles. The number of amides is 2. The number of nitriles is 2. The summed E-state index contributed by atoms with van der Waals surface area (Å²) in [5, 5.41) is 21.2. The first kappa shape index (κ1) is 53.5. The summed E-state index contributed by atoms with van der Waals surface area (Å²) in [5.41, 5.74) is -3.51. The minimum absolute atomic E-state index is 0.140. The van der Waals surface area contributed by atoms with E-state index in [4.69, 9.17) is 18.9 Å². The maximum Gasteiger partial charge on any atom is 0.417 e. The van der Waals surface area contributed by atoms with Gasteiger partial charge in [0.05, 0.1) is 81.8 Å². The lowest BCUT2D eigenvalue weighted by Crippen LogP contribution is -2.42. The Balaban J connectivity index is 0.000000211. The van der Waals surface area contributed by atoms with Gasteiger partial charge in [-0.05, 0) is 98.9 Å². The van der Waals surface area contributed by atoms with Crippen LogP contribution in [-0.2, 0) is 51.1 Å². The number of nitrogens with zero attached hydrogens (tertiary/aromatic N) is 4. The third-order valence-corrected chi connectivity index (χ3v) is 17.9. The second-order valence-electron chi connectivity index (χ2n) is 18.0. The fourth-order valence-corrected chi connectivity index (χ4v) is 13.0. The van der Waals surface area contributed by atoms with Crippen molar-refractivity contribution in [1.29, 1.82) is 10.5 Å². The number of aromatic nitrogens is 2. The van der Waals surface area contributed by atoms with Crippen molar-refractivity contribution in [3.63, 3.8) is 0 Å². The summed E-state index contributed by atoms with van der Waals surface area (Å²) in [7, 11) is -3.53. The average molecular weight is 1050 g/mol. The van der Waals surface area contributed by atoms with Crippen LogP contribution < -0.4 is 20.1 Å². The maximum atomic E-state index is 14.0. The molecule has 6 atom stereocenters. The van der Waals surface area contributed by atoms with Gasteiger partial charge in [-0.15, -0.1) is 0 Å². The fraction of sp³-hybridized carbons (Fsp3) is 0.458. The van der Waals surface area contributed by atoms with Crippen LogP contribution in [0.2, 0.25) is 0 Å². The van der Waals surface area contributed by atoms with E-state index in [0.29, 0.717) is 36.8 Å². The highest BCUT2D eigenvalue weighted by molar-refractivity contribution is 7.92. The first-order valence-electron chi connectivity index (χ1n) is 22.3. The Bertz CT molecular complexity index is 2810. The van der Waals surface area contributed by atoms with E-state index in [2.05, 4.69) is 20.6 Å². The van der Waals surface area contributed by atoms with E-state index in [-0.39, 0.29) is 48.6 Å². The van der Waals surface area contributed by atoms with Gasteiger partial charge >= 0.3 is 12.4 Å². The molecule has 0 spiro atoms. The molecule has 2 N–H and O–H groups in total. The van der Waals surface area contributed by atoms with Gasteiger partial charge < -0.3 is 29.6 Å². The topological polar surface area (TPSA) is 237 Å². The molecule has 2 heterocycles. The third kappa shape index (κ3) is 11.2. The van der Waals surface area contributed by atoms with Crippen molar-refractivity contribution in [2.24, 2.45) is 11.8 Å². The summed E-state index contributed by atoms with van der Waals surface area (Å²) < 4.78 is 159. The Labute approximate surface area is 410 Å². The van der Waals surface area contributed by atoms with Crippen LogP contribution in [-0.4, -0.2) is 101 Å². The van der Waals surface area contributed by atoms with Crippen molar-refractivity contribution in [2.75, 3.05) is 28.4 Å². The molecule has 4 aromatic rings. The van der Waals surface area contributed by atoms with Gasteiger partial charge in [-0.3, -0.25) is 9.59 Å². The maximum absolute atomic E-state index is 14.0. The number of sulfone groups is 2. The van der Waals surface area contributed by atoms with Gasteiger partial charge in [-0.1, -0.05) is 12.1 Å². The van der Waals surface area contributed by atoms with E-state index in [1.807, 2.05) is 12.1 Å². The zero-order valence-electron chi connectivity index (χ0n) is 39.0. The summed E-state index contributed by atoms with van der Waals surface area (Å²) in [6.45, 7) is 0. The summed E-state index contributed by atoms with van der Waals surface area (Å²) in [6, 6.07) is 16.1. The van der Waals surface area contributed by atoms with E-state index in [0.717, 1.165) is 24.3 Å². The number of benzene rings is 2. The fourth-order valence-electron chi connectivity index (χ4n) is 8.99. The average Bonchev–Trinajstić information content (AvgIpc) is 4.21. The van der Waals surface area contributed by atoms with Crippen molar-refractivity contribution < 1.29 is 71.7 Å². The first-order valence-corrected chi connectivity index (χ1v) is 25.4. The number of methoxy groups -OCH3 is 4. The normalized spacial score (nSPS) is 23.1. The molecule has 0 unspecified atom stereocenters. The molecule has 72 heavy (non-hydrogen) atoms. The largest absolute Gasteiger partial charge is 0.481 e. The van der Waals surface area contributed by atoms with E-state index in [9.17, 15) is 63.3 Å². The van der Waals surface area contributed by atoms with Crippen molar-refractivity contribution in [1.82, 2.24) is 20.6 Å². The van der Waals surface area contributed by atoms with Gasteiger partial charge in [0, 0.05) is 49.9 Å². The lowest BCUT2D eigenvalue weighted by atomic mass is 10.0. The second-order valence-corrected chi connectivity index (χ2v) is 22.4. The molecular weight excluding hydrogens is 999 g/mol. The summed E-state index contributed by atoms with van der Waals surface area (Å²) in [5.74, 6) is -2.30. The van der Waals surface area contributed by atoms with Crippen molar-refractivity contribution in [3.05, 3.63) is 84.2 Å². The molecule has 2 aromatic carbocycles. The van der Waals surface area contributed by atoms with Gasteiger partial charge in [-0.25, -0.2) is 26.8 Å². The van der Waals surface area contributed by atoms with Crippen molar-refractivity contribution >= 4 is 31.5 Å². The molecule has 24 heteroatoms. The van der Waals surface area contributed by atoms with E-state index < -0.39 is 110 Å². The zero-order chi connectivity index (χ0) is 52.6. The van der Waals surface area contributed by atoms with E-state index in [1.54, 1.807) is 0 Å². The Morgan fingerprint density at radius 3 is 1.19 bits per heavy atom. The number of carbonyl (C=O) groups excluding carboxylic acids is 2. The Hall–Kier alpha value is -6.34. The molecule has 4 fully saturated rings. The summed E-state index contributed by atoms with van der Waals surface area (Å²) in [6.07, 6.45) is -7.58. The molecule has 384 valence electrons. The van der Waals surface area contributed by atoms with Crippen LogP contribution in [0, 0.1) is 34.5 Å². The lowest BCUT2D eigenvalue weighted by Gasteiger charge is -2.19. The molecule has 4 aliphatic carbocycles. The molecule has 0 radical (unpaired) electrons. The van der Waals surface area contributed by atoms with Crippen LogP contribution in [0.25, 0.3) is 22.3 Å². The second kappa shape index (κ2) is 20.3.